The molecule has 3 aliphatic rings. The minimum absolute atomic E-state index is 0.134. The molecule has 0 radical (unpaired) electrons. The van der Waals surface area contributed by atoms with Crippen molar-refractivity contribution in [2.45, 2.75) is 89.8 Å². The van der Waals surface area contributed by atoms with Gasteiger partial charge in [-0.05, 0) is 39.5 Å². The Morgan fingerprint density at radius 3 is 2.00 bits per heavy atom. The summed E-state index contributed by atoms with van der Waals surface area (Å²) >= 11 is 0. The van der Waals surface area contributed by atoms with Crippen molar-refractivity contribution >= 4 is 23.7 Å². The summed E-state index contributed by atoms with van der Waals surface area (Å²) in [6.45, 7) is 3.03. The number of carbonyl (C=O) groups is 4. The smallest absolute Gasteiger partial charge is 0.329 e. The molecule has 2 aliphatic carbocycles. The zero-order valence-corrected chi connectivity index (χ0v) is 16.2. The van der Waals surface area contributed by atoms with Crippen LogP contribution in [0.5, 0.6) is 0 Å². The van der Waals surface area contributed by atoms with Gasteiger partial charge in [0.25, 0.3) is 5.91 Å². The lowest BCUT2D eigenvalue weighted by Crippen LogP contribution is -2.48. The number of rotatable bonds is 5. The quantitative estimate of drug-likeness (QED) is 0.583. The van der Waals surface area contributed by atoms with Gasteiger partial charge in [-0.1, -0.05) is 32.1 Å². The van der Waals surface area contributed by atoms with Crippen molar-refractivity contribution in [3.05, 3.63) is 0 Å². The Kier molecular flexibility index (Phi) is 6.17. The first-order valence-corrected chi connectivity index (χ1v) is 10.3. The number of fused-ring (bicyclic) bond motifs is 1. The Labute approximate surface area is 160 Å². The summed E-state index contributed by atoms with van der Waals surface area (Å²) in [5.74, 6) is -2.17. The fraction of sp³-hybridized carbons (Fsp3) is 0.800. The summed E-state index contributed by atoms with van der Waals surface area (Å²) in [6, 6.07) is -0.866. The number of ether oxygens (including phenoxy) is 1. The van der Waals surface area contributed by atoms with Gasteiger partial charge >= 0.3 is 5.97 Å². The predicted octanol–water partition coefficient (Wildman–Crippen LogP) is 1.93. The van der Waals surface area contributed by atoms with Crippen LogP contribution >= 0.6 is 0 Å². The molecular weight excluding hydrogens is 348 g/mol. The molecule has 1 N–H and O–H groups in total. The van der Waals surface area contributed by atoms with E-state index in [-0.39, 0.29) is 35.6 Å². The molecule has 7 nitrogen and oxygen atoms in total. The van der Waals surface area contributed by atoms with Crippen LogP contribution in [-0.4, -0.2) is 46.8 Å². The van der Waals surface area contributed by atoms with Gasteiger partial charge in [-0.15, -0.1) is 0 Å². The zero-order valence-electron chi connectivity index (χ0n) is 16.2. The third-order valence-electron chi connectivity index (χ3n) is 6.22. The molecule has 0 spiro atoms. The molecule has 3 rings (SSSR count). The van der Waals surface area contributed by atoms with Gasteiger partial charge in [0.05, 0.1) is 11.8 Å². The van der Waals surface area contributed by atoms with Gasteiger partial charge in [0.15, 0.2) is 6.10 Å². The maximum absolute atomic E-state index is 12.6. The summed E-state index contributed by atoms with van der Waals surface area (Å²) in [6.07, 6.45) is 7.60. The molecule has 4 atom stereocenters. The van der Waals surface area contributed by atoms with E-state index in [4.69, 9.17) is 4.74 Å². The van der Waals surface area contributed by atoms with E-state index in [1.54, 1.807) is 0 Å². The molecule has 7 heteroatoms. The molecule has 0 bridgehead atoms. The van der Waals surface area contributed by atoms with Crippen LogP contribution in [0.25, 0.3) is 0 Å². The summed E-state index contributed by atoms with van der Waals surface area (Å²) in [5, 5.41) is 2.93. The molecule has 1 saturated heterocycles. The Morgan fingerprint density at radius 2 is 1.44 bits per heavy atom. The maximum Gasteiger partial charge on any atom is 0.329 e. The lowest BCUT2D eigenvalue weighted by atomic mass is 9.81. The Hall–Kier alpha value is -1.92. The van der Waals surface area contributed by atoms with E-state index in [1.165, 1.54) is 20.3 Å². The van der Waals surface area contributed by atoms with Crippen molar-refractivity contribution < 1.29 is 23.9 Å². The average Bonchev–Trinajstić information content (AvgIpc) is 2.93. The van der Waals surface area contributed by atoms with Crippen LogP contribution in [0.4, 0.5) is 0 Å². The second kappa shape index (κ2) is 8.40. The van der Waals surface area contributed by atoms with E-state index in [2.05, 4.69) is 5.32 Å². The fourth-order valence-corrected chi connectivity index (χ4v) is 4.57. The van der Waals surface area contributed by atoms with Crippen LogP contribution in [0.2, 0.25) is 0 Å². The summed E-state index contributed by atoms with van der Waals surface area (Å²) < 4.78 is 5.28. The number of likely N-dealkylation sites (tertiary alicyclic amines) is 1. The van der Waals surface area contributed by atoms with Crippen molar-refractivity contribution in [1.29, 1.82) is 0 Å². The number of hydrogen-bond acceptors (Lipinski definition) is 5. The number of nitrogens with one attached hydrogen (secondary N) is 1. The predicted molar refractivity (Wildman–Crippen MR) is 97.3 cm³/mol. The molecule has 3 fully saturated rings. The van der Waals surface area contributed by atoms with Crippen molar-refractivity contribution in [3.8, 4) is 0 Å². The van der Waals surface area contributed by atoms with Crippen molar-refractivity contribution in [2.75, 3.05) is 0 Å². The fourth-order valence-electron chi connectivity index (χ4n) is 4.57. The van der Waals surface area contributed by atoms with Gasteiger partial charge in [0, 0.05) is 6.04 Å². The van der Waals surface area contributed by atoms with Crippen molar-refractivity contribution in [2.24, 2.45) is 11.8 Å². The van der Waals surface area contributed by atoms with E-state index in [1.807, 2.05) is 0 Å². The van der Waals surface area contributed by atoms with Crippen LogP contribution in [-0.2, 0) is 23.9 Å². The SMILES string of the molecule is CC(OC(=O)C(C)N1C(=O)C2CCCCC2C1=O)C(=O)NC1CCCCC1. The van der Waals surface area contributed by atoms with Gasteiger partial charge in [-0.2, -0.15) is 0 Å². The Balaban J connectivity index is 1.55. The highest BCUT2D eigenvalue weighted by Crippen LogP contribution is 2.38. The van der Waals surface area contributed by atoms with Crippen LogP contribution < -0.4 is 5.32 Å². The summed E-state index contributed by atoms with van der Waals surface area (Å²) in [7, 11) is 0. The van der Waals surface area contributed by atoms with Gasteiger partial charge in [0.2, 0.25) is 11.8 Å². The third-order valence-corrected chi connectivity index (χ3v) is 6.22. The Morgan fingerprint density at radius 1 is 0.926 bits per heavy atom. The minimum atomic E-state index is -1.000. The minimum Gasteiger partial charge on any atom is -0.451 e. The molecule has 0 aromatic heterocycles. The molecule has 1 aliphatic heterocycles. The monoisotopic (exact) mass is 378 g/mol. The normalized spacial score (nSPS) is 28.4. The molecule has 150 valence electrons. The second-order valence-corrected chi connectivity index (χ2v) is 8.14. The van der Waals surface area contributed by atoms with Crippen molar-refractivity contribution in [3.63, 3.8) is 0 Å². The number of imide groups is 1. The third kappa shape index (κ3) is 4.17. The number of esters is 1. The number of hydrogen-bond donors (Lipinski definition) is 1. The Bertz CT molecular complexity index is 589. The maximum atomic E-state index is 12.6. The number of carbonyl (C=O) groups excluding carboxylic acids is 4. The van der Waals surface area contributed by atoms with E-state index in [0.717, 1.165) is 43.4 Å². The van der Waals surface area contributed by atoms with Gasteiger partial charge in [-0.25, -0.2) is 4.79 Å². The lowest BCUT2D eigenvalue weighted by molar-refractivity contribution is -0.164. The largest absolute Gasteiger partial charge is 0.451 e. The van der Waals surface area contributed by atoms with E-state index < -0.39 is 18.1 Å². The van der Waals surface area contributed by atoms with Gasteiger partial charge < -0.3 is 10.1 Å². The zero-order chi connectivity index (χ0) is 19.6. The van der Waals surface area contributed by atoms with Crippen LogP contribution in [0.3, 0.4) is 0 Å². The summed E-state index contributed by atoms with van der Waals surface area (Å²) in [4.78, 5) is 51.0. The number of nitrogens with zero attached hydrogens (tertiary/aromatic N) is 1. The molecule has 0 aromatic rings. The van der Waals surface area contributed by atoms with Crippen LogP contribution in [0.1, 0.15) is 71.6 Å². The van der Waals surface area contributed by atoms with Gasteiger partial charge in [0.1, 0.15) is 6.04 Å². The molecule has 4 unspecified atom stereocenters. The second-order valence-electron chi connectivity index (χ2n) is 8.14. The standard InChI is InChI=1S/C20H30N2O5/c1-12(22-18(24)15-10-6-7-11-16(15)19(22)25)20(26)27-13(2)17(23)21-14-8-4-3-5-9-14/h12-16H,3-11H2,1-2H3,(H,21,23). The molecule has 2 saturated carbocycles. The molecule has 0 aromatic carbocycles. The highest BCUT2D eigenvalue weighted by Gasteiger charge is 2.51. The first-order chi connectivity index (χ1) is 12.9. The highest BCUT2D eigenvalue weighted by atomic mass is 16.5. The van der Waals surface area contributed by atoms with Crippen LogP contribution in [0, 0.1) is 11.8 Å². The van der Waals surface area contributed by atoms with Crippen LogP contribution in [0.15, 0.2) is 0 Å². The first-order valence-electron chi connectivity index (χ1n) is 10.3. The van der Waals surface area contributed by atoms with E-state index >= 15 is 0 Å². The average molecular weight is 378 g/mol. The molecule has 27 heavy (non-hydrogen) atoms. The van der Waals surface area contributed by atoms with E-state index in [9.17, 15) is 19.2 Å². The highest BCUT2D eigenvalue weighted by molar-refractivity contribution is 6.07. The summed E-state index contributed by atoms with van der Waals surface area (Å²) in [5.41, 5.74) is 0. The van der Waals surface area contributed by atoms with Gasteiger partial charge in [-0.3, -0.25) is 19.3 Å². The molecular formula is C20H30N2O5. The lowest BCUT2D eigenvalue weighted by Gasteiger charge is -2.26. The van der Waals surface area contributed by atoms with Crippen molar-refractivity contribution in [1.82, 2.24) is 10.2 Å². The van der Waals surface area contributed by atoms with E-state index in [0.29, 0.717) is 12.8 Å². The topological polar surface area (TPSA) is 92.8 Å². The first kappa shape index (κ1) is 19.8. The molecule has 3 amide bonds. The molecule has 1 heterocycles. The number of amides is 3.